The average molecular weight is 218 g/mol. The molecule has 2 heteroatoms. The van der Waals surface area contributed by atoms with E-state index in [1.165, 1.54) is 0 Å². The van der Waals surface area contributed by atoms with Crippen LogP contribution in [0.2, 0.25) is 0 Å². The van der Waals surface area contributed by atoms with Crippen LogP contribution in [-0.2, 0) is 0 Å². The molecule has 16 heavy (non-hydrogen) atoms. The van der Waals surface area contributed by atoms with Crippen LogP contribution in [0, 0.1) is 5.92 Å². The molecule has 1 heterocycles. The molecule has 0 aliphatic heterocycles. The van der Waals surface area contributed by atoms with Crippen molar-refractivity contribution in [1.82, 2.24) is 9.97 Å². The van der Waals surface area contributed by atoms with Crippen LogP contribution in [0.15, 0.2) is 25.2 Å². The third-order valence-corrected chi connectivity index (χ3v) is 2.11. The highest BCUT2D eigenvalue weighted by atomic mass is 14.8. The Balaban J connectivity index is 0.00000106. The molecule has 0 bridgehead atoms. The molecule has 0 fully saturated rings. The predicted molar refractivity (Wildman–Crippen MR) is 72.0 cm³/mol. The van der Waals surface area contributed by atoms with Crippen molar-refractivity contribution >= 4 is 11.6 Å². The molecule has 0 unspecified atom stereocenters. The van der Waals surface area contributed by atoms with Gasteiger partial charge in [-0.15, -0.1) is 0 Å². The number of rotatable bonds is 3. The Kier molecular flexibility index (Phi) is 7.10. The van der Waals surface area contributed by atoms with E-state index in [1.807, 2.05) is 39.1 Å². The quantitative estimate of drug-likeness (QED) is 0.759. The summed E-state index contributed by atoms with van der Waals surface area (Å²) in [5, 5.41) is 0. The molecule has 0 aliphatic rings. The van der Waals surface area contributed by atoms with Gasteiger partial charge in [-0.25, -0.2) is 9.97 Å². The van der Waals surface area contributed by atoms with Crippen molar-refractivity contribution in [2.75, 3.05) is 0 Å². The number of hydrogen-bond acceptors (Lipinski definition) is 2. The topological polar surface area (TPSA) is 25.8 Å². The molecular formula is C14H22N2. The van der Waals surface area contributed by atoms with Crippen molar-refractivity contribution in [3.8, 4) is 0 Å². The van der Waals surface area contributed by atoms with Gasteiger partial charge in [0.25, 0.3) is 0 Å². The van der Waals surface area contributed by atoms with E-state index in [0.717, 1.165) is 16.8 Å². The zero-order chi connectivity index (χ0) is 12.6. The van der Waals surface area contributed by atoms with Crippen LogP contribution in [0.4, 0.5) is 0 Å². The Bertz CT molecular complexity index is 352. The van der Waals surface area contributed by atoms with Gasteiger partial charge in [-0.2, -0.15) is 0 Å². The molecule has 1 rings (SSSR count). The molecular weight excluding hydrogens is 196 g/mol. The summed E-state index contributed by atoms with van der Waals surface area (Å²) in [6, 6.07) is 0. The normalized spacial score (nSPS) is 10.1. The monoisotopic (exact) mass is 218 g/mol. The average Bonchev–Trinajstić information content (AvgIpc) is 2.32. The lowest BCUT2D eigenvalue weighted by atomic mass is 9.97. The lowest BCUT2D eigenvalue weighted by molar-refractivity contribution is 0.854. The van der Waals surface area contributed by atoms with Crippen LogP contribution >= 0.6 is 0 Å². The second kappa shape index (κ2) is 7.80. The first kappa shape index (κ1) is 14.6. The van der Waals surface area contributed by atoms with Gasteiger partial charge >= 0.3 is 0 Å². The van der Waals surface area contributed by atoms with E-state index in [4.69, 9.17) is 0 Å². The van der Waals surface area contributed by atoms with Crippen molar-refractivity contribution in [3.05, 3.63) is 36.4 Å². The van der Waals surface area contributed by atoms with Crippen LogP contribution in [0.5, 0.6) is 0 Å². The molecule has 0 atom stereocenters. The molecule has 0 amide bonds. The third-order valence-electron chi connectivity index (χ3n) is 2.11. The van der Waals surface area contributed by atoms with Gasteiger partial charge in [-0.1, -0.05) is 40.3 Å². The fourth-order valence-electron chi connectivity index (χ4n) is 1.19. The summed E-state index contributed by atoms with van der Waals surface area (Å²) in [5.74, 6) is 0.421. The first-order valence-corrected chi connectivity index (χ1v) is 5.78. The summed E-state index contributed by atoms with van der Waals surface area (Å²) in [5.41, 5.74) is 3.07. The summed E-state index contributed by atoms with van der Waals surface area (Å²) >= 11 is 0. The van der Waals surface area contributed by atoms with Crippen LogP contribution in [0.1, 0.15) is 45.9 Å². The fourth-order valence-corrected chi connectivity index (χ4v) is 1.19. The standard InChI is InChI=1S/C12H16N2.C2H6/c1-5-6-12-11(7-13-8-14-12)10(4)9(2)3;1-2/h5-9H,4H2,1-3H3;1-2H3/b6-5-;. The second-order valence-electron chi connectivity index (χ2n) is 3.50. The second-order valence-corrected chi connectivity index (χ2v) is 3.50. The molecule has 0 aromatic carbocycles. The van der Waals surface area contributed by atoms with Crippen LogP contribution < -0.4 is 0 Å². The van der Waals surface area contributed by atoms with E-state index in [0.29, 0.717) is 5.92 Å². The van der Waals surface area contributed by atoms with E-state index < -0.39 is 0 Å². The van der Waals surface area contributed by atoms with E-state index >= 15 is 0 Å². The summed E-state index contributed by atoms with van der Waals surface area (Å²) in [4.78, 5) is 8.24. The molecule has 1 aromatic rings. The largest absolute Gasteiger partial charge is 0.244 e. The summed E-state index contributed by atoms with van der Waals surface area (Å²) in [6.45, 7) is 14.3. The van der Waals surface area contributed by atoms with Crippen molar-refractivity contribution in [2.24, 2.45) is 5.92 Å². The molecule has 0 saturated heterocycles. The SMILES string of the molecule is C=C(c1cncnc1/C=C\C)C(C)C.CC. The highest BCUT2D eigenvalue weighted by Gasteiger charge is 2.07. The Morgan fingerprint density at radius 2 is 2.00 bits per heavy atom. The van der Waals surface area contributed by atoms with Gasteiger partial charge in [-0.05, 0) is 24.5 Å². The maximum Gasteiger partial charge on any atom is 0.116 e. The minimum Gasteiger partial charge on any atom is -0.244 e. The summed E-state index contributed by atoms with van der Waals surface area (Å²) in [6.07, 6.45) is 7.33. The fraction of sp³-hybridized carbons (Fsp3) is 0.429. The van der Waals surface area contributed by atoms with Gasteiger partial charge in [0, 0.05) is 11.8 Å². The van der Waals surface area contributed by atoms with Crippen molar-refractivity contribution in [2.45, 2.75) is 34.6 Å². The Morgan fingerprint density at radius 3 is 2.50 bits per heavy atom. The maximum atomic E-state index is 4.21. The van der Waals surface area contributed by atoms with Gasteiger partial charge in [0.05, 0.1) is 5.69 Å². The minimum atomic E-state index is 0.421. The van der Waals surface area contributed by atoms with Gasteiger partial charge in [-0.3, -0.25) is 0 Å². The first-order valence-electron chi connectivity index (χ1n) is 5.78. The van der Waals surface area contributed by atoms with E-state index in [2.05, 4.69) is 30.4 Å². The van der Waals surface area contributed by atoms with Gasteiger partial charge in [0.15, 0.2) is 0 Å². The molecule has 2 nitrogen and oxygen atoms in total. The molecule has 0 saturated carbocycles. The Hall–Kier alpha value is -1.44. The summed E-state index contributed by atoms with van der Waals surface area (Å²) < 4.78 is 0. The van der Waals surface area contributed by atoms with E-state index in [9.17, 15) is 0 Å². The molecule has 1 aromatic heterocycles. The van der Waals surface area contributed by atoms with Crippen molar-refractivity contribution in [3.63, 3.8) is 0 Å². The van der Waals surface area contributed by atoms with E-state index in [1.54, 1.807) is 6.33 Å². The highest BCUT2D eigenvalue weighted by Crippen LogP contribution is 2.22. The molecule has 0 N–H and O–H groups in total. The number of allylic oxidation sites excluding steroid dienone is 2. The van der Waals surface area contributed by atoms with Gasteiger partial charge in [0.2, 0.25) is 0 Å². The zero-order valence-electron chi connectivity index (χ0n) is 11.0. The lowest BCUT2D eigenvalue weighted by Crippen LogP contribution is -1.97. The lowest BCUT2D eigenvalue weighted by Gasteiger charge is -2.10. The van der Waals surface area contributed by atoms with Crippen LogP contribution in [0.25, 0.3) is 11.6 Å². The van der Waals surface area contributed by atoms with Crippen molar-refractivity contribution < 1.29 is 0 Å². The smallest absolute Gasteiger partial charge is 0.116 e. The Labute approximate surface area is 99.1 Å². The Morgan fingerprint density at radius 1 is 1.38 bits per heavy atom. The van der Waals surface area contributed by atoms with E-state index in [-0.39, 0.29) is 0 Å². The zero-order valence-corrected chi connectivity index (χ0v) is 11.0. The number of hydrogen-bond donors (Lipinski definition) is 0. The van der Waals surface area contributed by atoms with Crippen LogP contribution in [-0.4, -0.2) is 9.97 Å². The third kappa shape index (κ3) is 3.97. The maximum absolute atomic E-state index is 4.21. The number of aromatic nitrogens is 2. The van der Waals surface area contributed by atoms with Gasteiger partial charge < -0.3 is 0 Å². The first-order chi connectivity index (χ1) is 7.66. The van der Waals surface area contributed by atoms with Gasteiger partial charge in [0.1, 0.15) is 6.33 Å². The predicted octanol–water partition coefficient (Wildman–Crippen LogP) is 4.21. The summed E-state index contributed by atoms with van der Waals surface area (Å²) in [7, 11) is 0. The highest BCUT2D eigenvalue weighted by molar-refractivity contribution is 5.71. The molecule has 0 radical (unpaired) electrons. The van der Waals surface area contributed by atoms with Crippen molar-refractivity contribution in [1.29, 1.82) is 0 Å². The molecule has 0 spiro atoms. The molecule has 88 valence electrons. The number of nitrogens with zero attached hydrogens (tertiary/aromatic N) is 2. The molecule has 0 aliphatic carbocycles. The van der Waals surface area contributed by atoms with Crippen LogP contribution in [0.3, 0.4) is 0 Å². The minimum absolute atomic E-state index is 0.421.